The van der Waals surface area contributed by atoms with Gasteiger partial charge < -0.3 is 0 Å². The molecule has 10 aromatic rings. The molecule has 11 rings (SSSR count). The first kappa shape index (κ1) is 47.1. The van der Waals surface area contributed by atoms with E-state index in [2.05, 4.69) is 199 Å². The molecule has 0 saturated heterocycles. The first-order chi connectivity index (χ1) is 34.8. The van der Waals surface area contributed by atoms with Crippen LogP contribution in [0, 0.1) is 25.7 Å². The first-order valence-electron chi connectivity index (χ1n) is 26.5. The molecule has 2 nitrogen and oxygen atoms in total. The second kappa shape index (κ2) is 20.1. The van der Waals surface area contributed by atoms with Crippen molar-refractivity contribution in [3.63, 3.8) is 0 Å². The number of rotatable bonds is 17. The van der Waals surface area contributed by atoms with Crippen molar-refractivity contribution >= 4 is 55.3 Å². The van der Waals surface area contributed by atoms with Gasteiger partial charge in [0.1, 0.15) is 0 Å². The predicted octanol–water partition coefficient (Wildman–Crippen LogP) is 20.5. The normalized spacial score (nSPS) is 15.1. The standard InChI is InChI=1S/C67H66N2S2/c1-7-11-19-45(9-3)41-67(42-46(10-4)20-12-8-2)58-39-43(5)29-32-52(58)53-33-31-49(40-59(53)67)60-37-38-62(71-60)57-35-34-56(61-36-30-44(6)70-61)65-66(57)69-64(55-28-18-24-48-22-14-16-26-51(48)55)63(68-65)54-27-17-23-47-21-13-15-25-50(47)54/h13-18,21-40,45-46H,7-12,19-20,41-42H2,1-6H3. The SMILES string of the molecule is CCCCC(CC)CC1(CC(CC)CCCC)c2cc(C)ccc2-c2ccc(-c3ccc(-c4ccc(-c5ccc(C)s5)c5nc(-c6cccc7ccccc67)c(-c6cccc7ccccc67)nc45)s3)cc21. The molecule has 3 heterocycles. The number of benzene rings is 7. The third-order valence-electron chi connectivity index (χ3n) is 16.0. The molecular weight excluding hydrogens is 897 g/mol. The van der Waals surface area contributed by atoms with Gasteiger partial charge in [0.05, 0.1) is 22.4 Å². The number of aromatic nitrogens is 2. The molecule has 0 fully saturated rings. The maximum atomic E-state index is 5.89. The highest BCUT2D eigenvalue weighted by Gasteiger charge is 2.45. The Balaban J connectivity index is 1.10. The van der Waals surface area contributed by atoms with Crippen molar-refractivity contribution < 1.29 is 0 Å². The summed E-state index contributed by atoms with van der Waals surface area (Å²) in [6, 6.07) is 59.2. The molecule has 3 aromatic heterocycles. The lowest BCUT2D eigenvalue weighted by atomic mass is 9.65. The number of thiophene rings is 2. The van der Waals surface area contributed by atoms with Crippen molar-refractivity contribution in [3.05, 3.63) is 179 Å². The summed E-state index contributed by atoms with van der Waals surface area (Å²) in [6.45, 7) is 14.1. The number of unbranched alkanes of at least 4 members (excludes halogenated alkanes) is 2. The van der Waals surface area contributed by atoms with Crippen molar-refractivity contribution in [3.8, 4) is 65.0 Å². The maximum absolute atomic E-state index is 5.89. The predicted molar refractivity (Wildman–Crippen MR) is 309 cm³/mol. The molecule has 2 atom stereocenters. The van der Waals surface area contributed by atoms with Crippen LogP contribution < -0.4 is 0 Å². The highest BCUT2D eigenvalue weighted by molar-refractivity contribution is 7.19. The van der Waals surface area contributed by atoms with Gasteiger partial charge >= 0.3 is 0 Å². The van der Waals surface area contributed by atoms with E-state index >= 15 is 0 Å². The van der Waals surface area contributed by atoms with Gasteiger partial charge in [0.15, 0.2) is 0 Å². The quantitative estimate of drug-likeness (QED) is 0.0909. The molecule has 0 amide bonds. The van der Waals surface area contributed by atoms with Crippen LogP contribution in [-0.2, 0) is 5.41 Å². The summed E-state index contributed by atoms with van der Waals surface area (Å²) in [5.41, 5.74) is 16.8. The smallest absolute Gasteiger partial charge is 0.0988 e. The van der Waals surface area contributed by atoms with Gasteiger partial charge in [-0.3, -0.25) is 0 Å². The van der Waals surface area contributed by atoms with E-state index in [1.807, 2.05) is 22.7 Å². The molecule has 4 heteroatoms. The number of nitrogens with zero attached hydrogens (tertiary/aromatic N) is 2. The van der Waals surface area contributed by atoms with E-state index in [1.54, 1.807) is 11.1 Å². The van der Waals surface area contributed by atoms with E-state index in [4.69, 9.17) is 9.97 Å². The average molecular weight is 963 g/mol. The van der Waals surface area contributed by atoms with Crippen LogP contribution in [0.2, 0.25) is 0 Å². The Bertz CT molecular complexity index is 3520. The second-order valence-corrected chi connectivity index (χ2v) is 22.9. The van der Waals surface area contributed by atoms with Crippen LogP contribution in [0.25, 0.3) is 97.5 Å². The van der Waals surface area contributed by atoms with E-state index in [0.29, 0.717) is 11.8 Å². The molecule has 71 heavy (non-hydrogen) atoms. The van der Waals surface area contributed by atoms with E-state index < -0.39 is 0 Å². The molecule has 1 aliphatic rings. The molecule has 0 saturated carbocycles. The summed E-state index contributed by atoms with van der Waals surface area (Å²) in [6.07, 6.45) is 12.6. The zero-order chi connectivity index (χ0) is 48.6. The number of hydrogen-bond acceptors (Lipinski definition) is 4. The molecule has 0 bridgehead atoms. The summed E-state index contributed by atoms with van der Waals surface area (Å²) >= 11 is 3.72. The molecule has 0 spiro atoms. The molecule has 2 unspecified atom stereocenters. The topological polar surface area (TPSA) is 25.8 Å². The Kier molecular flexibility index (Phi) is 13.4. The van der Waals surface area contributed by atoms with Crippen molar-refractivity contribution in [2.75, 3.05) is 0 Å². The molecule has 1 aliphatic carbocycles. The fraction of sp³-hybridized carbons (Fsp3) is 0.284. The summed E-state index contributed by atoms with van der Waals surface area (Å²) < 4.78 is 0. The fourth-order valence-corrected chi connectivity index (χ4v) is 14.1. The van der Waals surface area contributed by atoms with E-state index in [0.717, 1.165) is 44.7 Å². The minimum Gasteiger partial charge on any atom is -0.243 e. The van der Waals surface area contributed by atoms with Gasteiger partial charge in [0, 0.05) is 47.2 Å². The van der Waals surface area contributed by atoms with E-state index in [1.165, 1.54) is 128 Å². The largest absolute Gasteiger partial charge is 0.243 e. The van der Waals surface area contributed by atoms with Crippen molar-refractivity contribution in [1.29, 1.82) is 0 Å². The number of aryl methyl sites for hydroxylation is 2. The molecule has 0 aliphatic heterocycles. The van der Waals surface area contributed by atoms with Crippen LogP contribution in [-0.4, -0.2) is 9.97 Å². The van der Waals surface area contributed by atoms with E-state index in [9.17, 15) is 0 Å². The van der Waals surface area contributed by atoms with Crippen LogP contribution in [0.15, 0.2) is 158 Å². The minimum atomic E-state index is -0.0167. The van der Waals surface area contributed by atoms with Gasteiger partial charge in [-0.15, -0.1) is 22.7 Å². The zero-order valence-electron chi connectivity index (χ0n) is 42.4. The monoisotopic (exact) mass is 962 g/mol. The van der Waals surface area contributed by atoms with Gasteiger partial charge in [-0.1, -0.05) is 212 Å². The second-order valence-electron chi connectivity index (χ2n) is 20.5. The molecular formula is C67H66N2S2. The lowest BCUT2D eigenvalue weighted by Crippen LogP contribution is -2.31. The summed E-state index contributed by atoms with van der Waals surface area (Å²) in [7, 11) is 0. The Morgan fingerprint density at radius 2 is 0.944 bits per heavy atom. The Morgan fingerprint density at radius 1 is 0.451 bits per heavy atom. The van der Waals surface area contributed by atoms with Crippen LogP contribution >= 0.6 is 22.7 Å². The Labute approximate surface area is 429 Å². The maximum Gasteiger partial charge on any atom is 0.0988 e. The van der Waals surface area contributed by atoms with E-state index in [-0.39, 0.29) is 5.41 Å². The summed E-state index contributed by atoms with van der Waals surface area (Å²) in [4.78, 5) is 16.7. The van der Waals surface area contributed by atoms with Crippen LogP contribution in [0.4, 0.5) is 0 Å². The first-order valence-corrected chi connectivity index (χ1v) is 28.2. The summed E-state index contributed by atoms with van der Waals surface area (Å²) in [5.74, 6) is 1.37. The van der Waals surface area contributed by atoms with Crippen LogP contribution in [0.5, 0.6) is 0 Å². The number of fused-ring (bicyclic) bond motifs is 6. The number of hydrogen-bond donors (Lipinski definition) is 0. The fourth-order valence-electron chi connectivity index (χ4n) is 12.1. The average Bonchev–Trinajstić information content (AvgIpc) is 4.14. The van der Waals surface area contributed by atoms with Gasteiger partial charge in [-0.25, -0.2) is 9.97 Å². The lowest BCUT2D eigenvalue weighted by Gasteiger charge is -2.39. The molecule has 0 N–H and O–H groups in total. The Hall–Kier alpha value is -6.20. The molecule has 7 aromatic carbocycles. The Morgan fingerprint density at radius 3 is 1.49 bits per heavy atom. The third-order valence-corrected chi connectivity index (χ3v) is 18.2. The van der Waals surface area contributed by atoms with Gasteiger partial charge in [-0.05, 0) is 118 Å². The van der Waals surface area contributed by atoms with Crippen LogP contribution in [0.3, 0.4) is 0 Å². The van der Waals surface area contributed by atoms with Gasteiger partial charge in [0.2, 0.25) is 0 Å². The van der Waals surface area contributed by atoms with Gasteiger partial charge in [0.25, 0.3) is 0 Å². The van der Waals surface area contributed by atoms with Crippen LogP contribution in [0.1, 0.15) is 113 Å². The zero-order valence-corrected chi connectivity index (χ0v) is 44.1. The van der Waals surface area contributed by atoms with Crippen molar-refractivity contribution in [2.24, 2.45) is 11.8 Å². The minimum absolute atomic E-state index is 0.0167. The van der Waals surface area contributed by atoms with Crippen molar-refractivity contribution in [2.45, 2.75) is 111 Å². The molecule has 0 radical (unpaired) electrons. The van der Waals surface area contributed by atoms with Gasteiger partial charge in [-0.2, -0.15) is 0 Å². The third kappa shape index (κ3) is 8.76. The van der Waals surface area contributed by atoms with Crippen molar-refractivity contribution in [1.82, 2.24) is 9.97 Å². The highest BCUT2D eigenvalue weighted by atomic mass is 32.1. The molecule has 356 valence electrons. The lowest BCUT2D eigenvalue weighted by molar-refractivity contribution is 0.266. The highest BCUT2D eigenvalue weighted by Crippen LogP contribution is 2.57. The summed E-state index contributed by atoms with van der Waals surface area (Å²) in [5, 5.41) is 4.73.